The summed E-state index contributed by atoms with van der Waals surface area (Å²) in [5, 5.41) is 14.5. The van der Waals surface area contributed by atoms with Crippen LogP contribution in [0.15, 0.2) is 65.6 Å². The Morgan fingerprint density at radius 1 is 1.00 bits per heavy atom. The fraction of sp³-hybridized carbons (Fsp3) is 0.364. The van der Waals surface area contributed by atoms with E-state index >= 15 is 0 Å². The number of carbonyl (C=O) groups is 2. The second kappa shape index (κ2) is 14.2. The lowest BCUT2D eigenvalue weighted by Gasteiger charge is -2.31. The van der Waals surface area contributed by atoms with Crippen LogP contribution < -0.4 is 15.6 Å². The SMILES string of the molecule is CC(=O)NOc1c(C)ccc([C@H](Cc2ccccc2)[C@@H](O)CN(CC(C)C)S(=O)(=O)c2ccc3nc(NC(C)=O)[nH]c3c2)c1C. The quantitative estimate of drug-likeness (QED) is 0.157. The summed E-state index contributed by atoms with van der Waals surface area (Å²) in [7, 11) is -4.06. The molecule has 11 nitrogen and oxygen atoms in total. The van der Waals surface area contributed by atoms with E-state index in [-0.39, 0.29) is 41.7 Å². The number of amides is 2. The van der Waals surface area contributed by atoms with Gasteiger partial charge in [-0.1, -0.05) is 56.3 Å². The van der Waals surface area contributed by atoms with Crippen molar-refractivity contribution in [3.8, 4) is 5.75 Å². The molecule has 2 atom stereocenters. The minimum absolute atomic E-state index is 0.0272. The monoisotopic (exact) mass is 635 g/mol. The van der Waals surface area contributed by atoms with E-state index in [2.05, 4.69) is 20.8 Å². The number of anilines is 1. The van der Waals surface area contributed by atoms with Crippen LogP contribution in [0, 0.1) is 19.8 Å². The molecule has 4 aromatic rings. The molecule has 0 saturated heterocycles. The van der Waals surface area contributed by atoms with E-state index in [0.29, 0.717) is 23.2 Å². The summed E-state index contributed by atoms with van der Waals surface area (Å²) in [6.07, 6.45) is -0.663. The maximum atomic E-state index is 14.1. The normalized spacial score (nSPS) is 13.2. The molecular formula is C33H41N5O6S. The molecule has 1 heterocycles. The minimum atomic E-state index is -4.06. The van der Waals surface area contributed by atoms with Gasteiger partial charge in [0, 0.05) is 32.9 Å². The molecular weight excluding hydrogens is 594 g/mol. The van der Waals surface area contributed by atoms with Gasteiger partial charge in [0.2, 0.25) is 27.8 Å². The van der Waals surface area contributed by atoms with Gasteiger partial charge in [-0.2, -0.15) is 9.79 Å². The lowest BCUT2D eigenvalue weighted by atomic mass is 9.84. The highest BCUT2D eigenvalue weighted by Gasteiger charge is 2.33. The first kappa shape index (κ1) is 33.6. The van der Waals surface area contributed by atoms with Gasteiger partial charge < -0.3 is 14.9 Å². The first-order chi connectivity index (χ1) is 21.3. The van der Waals surface area contributed by atoms with Crippen LogP contribution in [0.2, 0.25) is 0 Å². The molecule has 45 heavy (non-hydrogen) atoms. The van der Waals surface area contributed by atoms with Crippen LogP contribution in [0.1, 0.15) is 55.9 Å². The minimum Gasteiger partial charge on any atom is -0.391 e. The third kappa shape index (κ3) is 8.27. The van der Waals surface area contributed by atoms with Crippen molar-refractivity contribution in [3.63, 3.8) is 0 Å². The topological polar surface area (TPSA) is 154 Å². The third-order valence-electron chi connectivity index (χ3n) is 7.45. The van der Waals surface area contributed by atoms with Crippen LogP contribution in [0.4, 0.5) is 5.95 Å². The zero-order chi connectivity index (χ0) is 32.9. The molecule has 0 unspecified atom stereocenters. The summed E-state index contributed by atoms with van der Waals surface area (Å²) in [5.41, 5.74) is 6.64. The van der Waals surface area contributed by atoms with Gasteiger partial charge in [0.1, 0.15) is 0 Å². The molecule has 0 radical (unpaired) electrons. The highest BCUT2D eigenvalue weighted by atomic mass is 32.2. The Kier molecular flexibility index (Phi) is 10.6. The Labute approximate surface area is 264 Å². The summed E-state index contributed by atoms with van der Waals surface area (Å²) in [6, 6.07) is 18.0. The number of nitrogens with one attached hydrogen (secondary N) is 3. The number of hydrogen-bond acceptors (Lipinski definition) is 7. The highest BCUT2D eigenvalue weighted by molar-refractivity contribution is 7.89. The number of aromatic amines is 1. The zero-order valence-electron chi connectivity index (χ0n) is 26.4. The summed E-state index contributed by atoms with van der Waals surface area (Å²) in [4.78, 5) is 36.0. The maximum absolute atomic E-state index is 14.1. The molecule has 0 spiro atoms. The molecule has 2 amide bonds. The second-order valence-corrected chi connectivity index (χ2v) is 13.6. The van der Waals surface area contributed by atoms with Crippen molar-refractivity contribution in [1.82, 2.24) is 19.8 Å². The summed E-state index contributed by atoms with van der Waals surface area (Å²) < 4.78 is 29.6. The number of aromatic nitrogens is 2. The van der Waals surface area contributed by atoms with Crippen molar-refractivity contribution >= 4 is 38.8 Å². The molecule has 0 aliphatic carbocycles. The number of hydroxylamine groups is 1. The molecule has 3 aromatic carbocycles. The molecule has 4 N–H and O–H groups in total. The zero-order valence-corrected chi connectivity index (χ0v) is 27.2. The van der Waals surface area contributed by atoms with E-state index in [1.165, 1.54) is 30.3 Å². The fourth-order valence-electron chi connectivity index (χ4n) is 5.38. The molecule has 0 aliphatic heterocycles. The number of sulfonamides is 1. The summed E-state index contributed by atoms with van der Waals surface area (Å²) in [6.45, 7) is 10.3. The van der Waals surface area contributed by atoms with E-state index in [1.54, 1.807) is 6.07 Å². The van der Waals surface area contributed by atoms with Crippen LogP contribution in [0.5, 0.6) is 5.75 Å². The third-order valence-corrected chi connectivity index (χ3v) is 9.28. The van der Waals surface area contributed by atoms with Crippen LogP contribution in [0.3, 0.4) is 0 Å². The predicted molar refractivity (Wildman–Crippen MR) is 173 cm³/mol. The molecule has 4 rings (SSSR count). The van der Waals surface area contributed by atoms with Crippen molar-refractivity contribution in [2.75, 3.05) is 18.4 Å². The van der Waals surface area contributed by atoms with E-state index in [9.17, 15) is 23.1 Å². The lowest BCUT2D eigenvalue weighted by Crippen LogP contribution is -2.42. The highest BCUT2D eigenvalue weighted by Crippen LogP contribution is 2.35. The van der Waals surface area contributed by atoms with Gasteiger partial charge in [-0.15, -0.1) is 0 Å². The van der Waals surface area contributed by atoms with Gasteiger partial charge in [0.25, 0.3) is 0 Å². The number of rotatable bonds is 13. The van der Waals surface area contributed by atoms with Crippen molar-refractivity contribution < 1.29 is 28.0 Å². The number of aliphatic hydroxyl groups excluding tert-OH is 1. The number of hydrogen-bond donors (Lipinski definition) is 4. The van der Waals surface area contributed by atoms with Gasteiger partial charge in [0.05, 0.1) is 22.0 Å². The first-order valence-corrected chi connectivity index (χ1v) is 16.2. The number of benzene rings is 3. The van der Waals surface area contributed by atoms with E-state index in [1.807, 2.05) is 70.2 Å². The van der Waals surface area contributed by atoms with Gasteiger partial charge in [-0.25, -0.2) is 13.4 Å². The maximum Gasteiger partial charge on any atom is 0.249 e. The van der Waals surface area contributed by atoms with Crippen LogP contribution >= 0.6 is 0 Å². The first-order valence-electron chi connectivity index (χ1n) is 14.8. The van der Waals surface area contributed by atoms with Crippen molar-refractivity contribution in [3.05, 3.63) is 82.9 Å². The van der Waals surface area contributed by atoms with E-state index in [0.717, 1.165) is 22.3 Å². The number of aliphatic hydroxyl groups is 1. The van der Waals surface area contributed by atoms with Crippen molar-refractivity contribution in [2.45, 2.75) is 64.9 Å². The summed E-state index contributed by atoms with van der Waals surface area (Å²) in [5.74, 6) is -0.490. The van der Waals surface area contributed by atoms with Crippen LogP contribution in [-0.4, -0.2) is 58.8 Å². The molecule has 0 saturated carbocycles. The Morgan fingerprint density at radius 3 is 2.36 bits per heavy atom. The second-order valence-electron chi connectivity index (χ2n) is 11.7. The largest absolute Gasteiger partial charge is 0.391 e. The Bertz CT molecular complexity index is 1770. The average Bonchev–Trinajstić information content (AvgIpc) is 3.37. The van der Waals surface area contributed by atoms with Crippen molar-refractivity contribution in [1.29, 1.82) is 0 Å². The molecule has 0 fully saturated rings. The van der Waals surface area contributed by atoms with Gasteiger partial charge in [0.15, 0.2) is 5.75 Å². The Morgan fingerprint density at radius 2 is 1.71 bits per heavy atom. The summed E-state index contributed by atoms with van der Waals surface area (Å²) >= 11 is 0. The molecule has 1 aromatic heterocycles. The van der Waals surface area contributed by atoms with Crippen LogP contribution in [-0.2, 0) is 26.0 Å². The lowest BCUT2D eigenvalue weighted by molar-refractivity contribution is -0.125. The molecule has 0 bridgehead atoms. The number of fused-ring (bicyclic) bond motifs is 1. The average molecular weight is 636 g/mol. The fourth-order valence-corrected chi connectivity index (χ4v) is 7.03. The molecule has 0 aliphatic rings. The van der Waals surface area contributed by atoms with E-state index in [4.69, 9.17) is 4.84 Å². The molecule has 240 valence electrons. The Hall–Kier alpha value is -4.26. The van der Waals surface area contributed by atoms with Gasteiger partial charge in [-0.05, 0) is 66.6 Å². The molecule has 12 heteroatoms. The predicted octanol–water partition coefficient (Wildman–Crippen LogP) is 4.60. The van der Waals surface area contributed by atoms with E-state index < -0.39 is 22.0 Å². The number of H-pyrrole nitrogens is 1. The number of imidazole rings is 1. The van der Waals surface area contributed by atoms with Gasteiger partial charge in [-0.3, -0.25) is 14.9 Å². The van der Waals surface area contributed by atoms with Gasteiger partial charge >= 0.3 is 0 Å². The smallest absolute Gasteiger partial charge is 0.249 e. The van der Waals surface area contributed by atoms with Crippen molar-refractivity contribution in [2.24, 2.45) is 5.92 Å². The number of aryl methyl sites for hydroxylation is 1. The van der Waals surface area contributed by atoms with Crippen LogP contribution in [0.25, 0.3) is 11.0 Å². The Balaban J connectivity index is 1.72. The number of nitrogens with zero attached hydrogens (tertiary/aromatic N) is 2. The standard InChI is InChI=1S/C33H41N5O6S/c1-20(2)18-38(45(42,43)26-13-15-29-30(17-26)36-33(35-29)34-23(5)39)19-31(41)28(16-25-10-8-7-9-11-25)27-14-12-21(3)32(22(27)4)44-37-24(6)40/h7-15,17,20,28,31,41H,16,18-19H2,1-6H3,(H,37,40)(H2,34,35,36,39)/t28-,31-/m0/s1. The number of carbonyl (C=O) groups excluding carboxylic acids is 2.